The fourth-order valence-corrected chi connectivity index (χ4v) is 1.91. The number of aromatic amines is 1. The first-order valence-corrected chi connectivity index (χ1v) is 5.93. The molecule has 1 rings (SSSR count). The van der Waals surface area contributed by atoms with Crippen LogP contribution in [-0.2, 0) is 0 Å². The molecule has 0 aliphatic rings. The van der Waals surface area contributed by atoms with Gasteiger partial charge in [-0.1, -0.05) is 13.8 Å². The van der Waals surface area contributed by atoms with Crippen LogP contribution in [0.2, 0.25) is 0 Å². The van der Waals surface area contributed by atoms with Crippen molar-refractivity contribution in [1.29, 1.82) is 0 Å². The molecular weight excluding hydrogens is 256 g/mol. The average molecular weight is 273 g/mol. The number of amides is 1. The highest BCUT2D eigenvalue weighted by Crippen LogP contribution is 2.11. The van der Waals surface area contributed by atoms with E-state index in [0.29, 0.717) is 11.6 Å². The van der Waals surface area contributed by atoms with Crippen LogP contribution in [0.4, 0.5) is 0 Å². The Kier molecular flexibility index (Phi) is 4.39. The van der Waals surface area contributed by atoms with E-state index in [1.165, 1.54) is 0 Å². The van der Waals surface area contributed by atoms with Gasteiger partial charge in [0.15, 0.2) is 0 Å². The van der Waals surface area contributed by atoms with Crippen LogP contribution in [0, 0.1) is 5.92 Å². The molecule has 0 aliphatic carbocycles. The zero-order valence-electron chi connectivity index (χ0n) is 9.30. The minimum atomic E-state index is -0.0474. The van der Waals surface area contributed by atoms with Crippen LogP contribution in [0.3, 0.4) is 0 Å². The molecule has 0 aliphatic heterocycles. The largest absolute Gasteiger partial charge is 0.356 e. The molecule has 1 atom stereocenters. The minimum Gasteiger partial charge on any atom is -0.356 e. The number of rotatable bonds is 4. The van der Waals surface area contributed by atoms with E-state index in [2.05, 4.69) is 40.1 Å². The third kappa shape index (κ3) is 4.08. The summed E-state index contributed by atoms with van der Waals surface area (Å²) in [4.78, 5) is 14.6. The molecule has 1 heterocycles. The third-order valence-electron chi connectivity index (χ3n) is 2.09. The number of hydrogen-bond acceptors (Lipinski definition) is 1. The van der Waals surface area contributed by atoms with E-state index in [1.807, 2.05) is 6.92 Å². The summed E-state index contributed by atoms with van der Waals surface area (Å²) in [5, 5.41) is 2.95. The molecule has 15 heavy (non-hydrogen) atoms. The lowest BCUT2D eigenvalue weighted by Crippen LogP contribution is -2.33. The normalized spacial score (nSPS) is 12.9. The maximum atomic E-state index is 11.7. The standard InChI is InChI=1S/C11H17BrN2O/c1-7(2)4-8(3)14-11(15)10-5-9(12)6-13-10/h5-8,13H,4H2,1-3H3,(H,14,15). The molecule has 0 bridgehead atoms. The second-order valence-corrected chi connectivity index (χ2v) is 5.15. The van der Waals surface area contributed by atoms with Gasteiger partial charge in [-0.15, -0.1) is 0 Å². The van der Waals surface area contributed by atoms with E-state index >= 15 is 0 Å². The predicted octanol–water partition coefficient (Wildman–Crippen LogP) is 2.94. The maximum absolute atomic E-state index is 11.7. The Balaban J connectivity index is 2.49. The summed E-state index contributed by atoms with van der Waals surface area (Å²) in [7, 11) is 0. The van der Waals surface area contributed by atoms with Gasteiger partial charge in [0.1, 0.15) is 5.69 Å². The lowest BCUT2D eigenvalue weighted by Gasteiger charge is -2.15. The van der Waals surface area contributed by atoms with Crippen LogP contribution >= 0.6 is 15.9 Å². The predicted molar refractivity (Wildman–Crippen MR) is 64.9 cm³/mol. The van der Waals surface area contributed by atoms with Gasteiger partial charge in [-0.3, -0.25) is 4.79 Å². The first-order valence-electron chi connectivity index (χ1n) is 5.14. The van der Waals surface area contributed by atoms with Gasteiger partial charge in [-0.05, 0) is 41.3 Å². The van der Waals surface area contributed by atoms with Crippen LogP contribution in [0.15, 0.2) is 16.7 Å². The average Bonchev–Trinajstić information content (AvgIpc) is 2.49. The van der Waals surface area contributed by atoms with Crippen LogP contribution in [0.1, 0.15) is 37.7 Å². The summed E-state index contributed by atoms with van der Waals surface area (Å²) in [6.45, 7) is 6.32. The number of carbonyl (C=O) groups excluding carboxylic acids is 1. The van der Waals surface area contributed by atoms with Crippen molar-refractivity contribution in [3.05, 3.63) is 22.4 Å². The van der Waals surface area contributed by atoms with Gasteiger partial charge < -0.3 is 10.3 Å². The summed E-state index contributed by atoms with van der Waals surface area (Å²) in [5.74, 6) is 0.546. The highest BCUT2D eigenvalue weighted by atomic mass is 79.9. The molecular formula is C11H17BrN2O. The van der Waals surface area contributed by atoms with Gasteiger partial charge >= 0.3 is 0 Å². The monoisotopic (exact) mass is 272 g/mol. The van der Waals surface area contributed by atoms with E-state index in [1.54, 1.807) is 12.3 Å². The Bertz CT molecular complexity index is 333. The zero-order chi connectivity index (χ0) is 11.4. The van der Waals surface area contributed by atoms with Crippen molar-refractivity contribution in [1.82, 2.24) is 10.3 Å². The third-order valence-corrected chi connectivity index (χ3v) is 2.55. The number of halogens is 1. The van der Waals surface area contributed by atoms with E-state index in [9.17, 15) is 4.79 Å². The Morgan fingerprint density at radius 1 is 1.53 bits per heavy atom. The molecule has 4 heteroatoms. The summed E-state index contributed by atoms with van der Waals surface area (Å²) < 4.78 is 0.893. The highest BCUT2D eigenvalue weighted by molar-refractivity contribution is 9.10. The quantitative estimate of drug-likeness (QED) is 0.870. The van der Waals surface area contributed by atoms with Gasteiger partial charge in [0, 0.05) is 16.7 Å². The molecule has 1 aromatic heterocycles. The van der Waals surface area contributed by atoms with Crippen molar-refractivity contribution in [3.63, 3.8) is 0 Å². The molecule has 1 aromatic rings. The van der Waals surface area contributed by atoms with Crippen molar-refractivity contribution in [2.75, 3.05) is 0 Å². The Morgan fingerprint density at radius 3 is 2.67 bits per heavy atom. The molecule has 2 N–H and O–H groups in total. The number of carbonyl (C=O) groups is 1. The molecule has 0 saturated heterocycles. The number of aromatic nitrogens is 1. The van der Waals surface area contributed by atoms with E-state index < -0.39 is 0 Å². The lowest BCUT2D eigenvalue weighted by atomic mass is 10.1. The molecule has 0 spiro atoms. The topological polar surface area (TPSA) is 44.9 Å². The zero-order valence-corrected chi connectivity index (χ0v) is 10.9. The molecule has 1 unspecified atom stereocenters. The first-order chi connectivity index (χ1) is 6.99. The Hall–Kier alpha value is -0.770. The molecule has 84 valence electrons. The smallest absolute Gasteiger partial charge is 0.267 e. The fourth-order valence-electron chi connectivity index (χ4n) is 1.57. The number of H-pyrrole nitrogens is 1. The van der Waals surface area contributed by atoms with Gasteiger partial charge in [0.05, 0.1) is 0 Å². The molecule has 0 aromatic carbocycles. The summed E-state index contributed by atoms with van der Waals surface area (Å²) in [6, 6.07) is 1.98. The van der Waals surface area contributed by atoms with Crippen molar-refractivity contribution in [2.45, 2.75) is 33.2 Å². The van der Waals surface area contributed by atoms with Crippen molar-refractivity contribution in [2.24, 2.45) is 5.92 Å². The molecule has 0 saturated carbocycles. The first kappa shape index (κ1) is 12.3. The van der Waals surface area contributed by atoms with Crippen molar-refractivity contribution in [3.8, 4) is 0 Å². The van der Waals surface area contributed by atoms with Gasteiger partial charge in [0.25, 0.3) is 5.91 Å². The van der Waals surface area contributed by atoms with Gasteiger partial charge in [0.2, 0.25) is 0 Å². The van der Waals surface area contributed by atoms with Crippen LogP contribution < -0.4 is 5.32 Å². The molecule has 0 radical (unpaired) electrons. The SMILES string of the molecule is CC(C)CC(C)NC(=O)c1cc(Br)c[nH]1. The number of nitrogens with one attached hydrogen (secondary N) is 2. The number of hydrogen-bond donors (Lipinski definition) is 2. The van der Waals surface area contributed by atoms with Gasteiger partial charge in [-0.25, -0.2) is 0 Å². The minimum absolute atomic E-state index is 0.0474. The Morgan fingerprint density at radius 2 is 2.20 bits per heavy atom. The van der Waals surface area contributed by atoms with E-state index in [-0.39, 0.29) is 11.9 Å². The van der Waals surface area contributed by atoms with Crippen molar-refractivity contribution < 1.29 is 4.79 Å². The van der Waals surface area contributed by atoms with Crippen LogP contribution in [0.5, 0.6) is 0 Å². The molecule has 3 nitrogen and oxygen atoms in total. The fraction of sp³-hybridized carbons (Fsp3) is 0.545. The second kappa shape index (κ2) is 5.35. The highest BCUT2D eigenvalue weighted by Gasteiger charge is 2.12. The van der Waals surface area contributed by atoms with Crippen LogP contribution in [-0.4, -0.2) is 16.9 Å². The van der Waals surface area contributed by atoms with Crippen LogP contribution in [0.25, 0.3) is 0 Å². The maximum Gasteiger partial charge on any atom is 0.267 e. The Labute approximate surface area is 98.8 Å². The van der Waals surface area contributed by atoms with Gasteiger partial charge in [-0.2, -0.15) is 0 Å². The molecule has 1 amide bonds. The van der Waals surface area contributed by atoms with E-state index in [4.69, 9.17) is 0 Å². The summed E-state index contributed by atoms with van der Waals surface area (Å²) in [6.07, 6.45) is 2.75. The summed E-state index contributed by atoms with van der Waals surface area (Å²) in [5.41, 5.74) is 0.595. The summed E-state index contributed by atoms with van der Waals surface area (Å²) >= 11 is 3.30. The lowest BCUT2D eigenvalue weighted by molar-refractivity contribution is 0.0931. The van der Waals surface area contributed by atoms with E-state index in [0.717, 1.165) is 10.9 Å². The second-order valence-electron chi connectivity index (χ2n) is 4.24. The molecule has 0 fully saturated rings. The van der Waals surface area contributed by atoms with Crippen molar-refractivity contribution >= 4 is 21.8 Å².